The first kappa shape index (κ1) is 11.2. The zero-order chi connectivity index (χ0) is 10.8. The Kier molecular flexibility index (Phi) is 3.29. The lowest BCUT2D eigenvalue weighted by Gasteiger charge is -2.36. The van der Waals surface area contributed by atoms with E-state index in [1.807, 2.05) is 0 Å². The Hall–Kier alpha value is -0.860. The van der Waals surface area contributed by atoms with Gasteiger partial charge in [0, 0.05) is 12.3 Å². The summed E-state index contributed by atoms with van der Waals surface area (Å²) in [6.07, 6.45) is 2.82. The molecule has 0 aromatic heterocycles. The average molecular weight is 198 g/mol. The van der Waals surface area contributed by atoms with E-state index in [0.29, 0.717) is 6.42 Å². The fourth-order valence-electron chi connectivity index (χ4n) is 2.14. The van der Waals surface area contributed by atoms with Crippen LogP contribution >= 0.6 is 0 Å². The Balaban J connectivity index is 2.70. The number of ether oxygens (including phenoxy) is 1. The zero-order valence-electron chi connectivity index (χ0n) is 9.13. The summed E-state index contributed by atoms with van der Waals surface area (Å²) in [4.78, 5) is 22.8. The number of rotatable bonds is 2. The van der Waals surface area contributed by atoms with Crippen LogP contribution in [0.25, 0.3) is 0 Å². The second-order valence-electron chi connectivity index (χ2n) is 4.64. The highest BCUT2D eigenvalue weighted by Gasteiger charge is 2.39. The molecule has 1 aliphatic carbocycles. The summed E-state index contributed by atoms with van der Waals surface area (Å²) in [5.74, 6) is -0.214. The Morgan fingerprint density at radius 1 is 1.57 bits per heavy atom. The molecule has 1 rings (SSSR count). The fourth-order valence-corrected chi connectivity index (χ4v) is 2.14. The number of hydrogen-bond acceptors (Lipinski definition) is 3. The number of methoxy groups -OCH3 is 1. The van der Waals surface area contributed by atoms with Gasteiger partial charge in [0.15, 0.2) is 0 Å². The average Bonchev–Trinajstić information content (AvgIpc) is 2.11. The van der Waals surface area contributed by atoms with E-state index in [9.17, 15) is 9.59 Å². The lowest BCUT2D eigenvalue weighted by Crippen LogP contribution is -2.36. The summed E-state index contributed by atoms with van der Waals surface area (Å²) in [5, 5.41) is 0. The van der Waals surface area contributed by atoms with E-state index in [0.717, 1.165) is 12.8 Å². The fraction of sp³-hybridized carbons (Fsp3) is 0.818. The molecule has 0 bridgehead atoms. The van der Waals surface area contributed by atoms with E-state index in [-0.39, 0.29) is 29.5 Å². The molecule has 1 aliphatic rings. The van der Waals surface area contributed by atoms with Crippen LogP contribution < -0.4 is 0 Å². The highest BCUT2D eigenvalue weighted by atomic mass is 16.5. The van der Waals surface area contributed by atoms with Crippen molar-refractivity contribution in [3.05, 3.63) is 0 Å². The molecule has 3 nitrogen and oxygen atoms in total. The Labute approximate surface area is 84.8 Å². The van der Waals surface area contributed by atoms with Gasteiger partial charge in [-0.15, -0.1) is 0 Å². The van der Waals surface area contributed by atoms with Gasteiger partial charge >= 0.3 is 5.97 Å². The van der Waals surface area contributed by atoms with Crippen LogP contribution in [0, 0.1) is 11.3 Å². The van der Waals surface area contributed by atoms with Gasteiger partial charge in [0.25, 0.3) is 0 Å². The number of carbonyl (C=O) groups is 2. The van der Waals surface area contributed by atoms with Gasteiger partial charge in [-0.2, -0.15) is 0 Å². The minimum Gasteiger partial charge on any atom is -0.469 e. The summed E-state index contributed by atoms with van der Waals surface area (Å²) >= 11 is 0. The van der Waals surface area contributed by atoms with E-state index >= 15 is 0 Å². The molecule has 0 amide bonds. The van der Waals surface area contributed by atoms with E-state index in [2.05, 4.69) is 18.6 Å². The van der Waals surface area contributed by atoms with Crippen molar-refractivity contribution in [3.63, 3.8) is 0 Å². The van der Waals surface area contributed by atoms with E-state index in [4.69, 9.17) is 0 Å². The molecule has 1 unspecified atom stereocenters. The largest absolute Gasteiger partial charge is 0.469 e. The van der Waals surface area contributed by atoms with Crippen molar-refractivity contribution in [2.75, 3.05) is 7.11 Å². The third kappa shape index (κ3) is 2.34. The van der Waals surface area contributed by atoms with Gasteiger partial charge < -0.3 is 4.74 Å². The third-order valence-corrected chi connectivity index (χ3v) is 3.17. The van der Waals surface area contributed by atoms with Crippen LogP contribution in [0.2, 0.25) is 0 Å². The van der Waals surface area contributed by atoms with E-state index in [1.165, 1.54) is 7.11 Å². The molecular weight excluding hydrogens is 180 g/mol. The second kappa shape index (κ2) is 4.11. The normalized spacial score (nSPS) is 25.9. The Morgan fingerprint density at radius 3 is 2.71 bits per heavy atom. The first-order valence-electron chi connectivity index (χ1n) is 5.07. The van der Waals surface area contributed by atoms with Crippen LogP contribution in [-0.2, 0) is 14.3 Å². The van der Waals surface area contributed by atoms with Gasteiger partial charge in [0.05, 0.1) is 13.5 Å². The minimum atomic E-state index is -0.279. The summed E-state index contributed by atoms with van der Waals surface area (Å²) < 4.78 is 4.60. The number of esters is 1. The first-order valence-corrected chi connectivity index (χ1v) is 5.07. The predicted molar refractivity (Wildman–Crippen MR) is 52.8 cm³/mol. The highest BCUT2D eigenvalue weighted by Crippen LogP contribution is 2.40. The molecule has 1 atom stereocenters. The second-order valence-corrected chi connectivity index (χ2v) is 4.64. The standard InChI is InChI=1S/C11H18O3/c1-11(2)6-4-5-9(12)8(11)7-10(13)14-3/h8H,4-7H2,1-3H3. The maximum Gasteiger partial charge on any atom is 0.306 e. The molecule has 0 N–H and O–H groups in total. The van der Waals surface area contributed by atoms with Crippen molar-refractivity contribution in [2.24, 2.45) is 11.3 Å². The van der Waals surface area contributed by atoms with Crippen molar-refractivity contribution >= 4 is 11.8 Å². The minimum absolute atomic E-state index is 0.0521. The van der Waals surface area contributed by atoms with Crippen LogP contribution in [0.5, 0.6) is 0 Å². The first-order chi connectivity index (χ1) is 6.47. The summed E-state index contributed by atoms with van der Waals surface area (Å²) in [6, 6.07) is 0. The quantitative estimate of drug-likeness (QED) is 0.637. The summed E-state index contributed by atoms with van der Waals surface area (Å²) in [5.41, 5.74) is -0.0521. The molecular formula is C11H18O3. The van der Waals surface area contributed by atoms with E-state index in [1.54, 1.807) is 0 Å². The molecule has 14 heavy (non-hydrogen) atoms. The molecule has 0 spiro atoms. The zero-order valence-corrected chi connectivity index (χ0v) is 9.13. The van der Waals surface area contributed by atoms with Gasteiger partial charge in [-0.25, -0.2) is 0 Å². The van der Waals surface area contributed by atoms with Gasteiger partial charge in [-0.05, 0) is 18.3 Å². The van der Waals surface area contributed by atoms with Gasteiger partial charge in [0.1, 0.15) is 5.78 Å². The highest BCUT2D eigenvalue weighted by molar-refractivity contribution is 5.86. The molecule has 0 aliphatic heterocycles. The molecule has 1 saturated carbocycles. The van der Waals surface area contributed by atoms with Crippen LogP contribution in [0.1, 0.15) is 39.5 Å². The van der Waals surface area contributed by atoms with E-state index < -0.39 is 0 Å². The van der Waals surface area contributed by atoms with Crippen molar-refractivity contribution < 1.29 is 14.3 Å². The smallest absolute Gasteiger partial charge is 0.306 e. The number of Topliss-reactive ketones (excluding diaryl/α,β-unsaturated/α-hetero) is 1. The summed E-state index contributed by atoms with van der Waals surface area (Å²) in [7, 11) is 1.36. The molecule has 0 heterocycles. The van der Waals surface area contributed by atoms with Crippen molar-refractivity contribution in [3.8, 4) is 0 Å². The lowest BCUT2D eigenvalue weighted by molar-refractivity contribution is -0.147. The van der Waals surface area contributed by atoms with Crippen LogP contribution in [0.15, 0.2) is 0 Å². The Morgan fingerprint density at radius 2 is 2.21 bits per heavy atom. The van der Waals surface area contributed by atoms with Crippen LogP contribution in [0.3, 0.4) is 0 Å². The molecule has 0 saturated heterocycles. The molecule has 80 valence electrons. The van der Waals surface area contributed by atoms with Gasteiger partial charge in [-0.3, -0.25) is 9.59 Å². The number of hydrogen-bond donors (Lipinski definition) is 0. The number of carbonyl (C=O) groups excluding carboxylic acids is 2. The van der Waals surface area contributed by atoms with Crippen LogP contribution in [0.4, 0.5) is 0 Å². The number of ketones is 1. The molecule has 3 heteroatoms. The maximum atomic E-state index is 11.7. The lowest BCUT2D eigenvalue weighted by atomic mass is 9.67. The van der Waals surface area contributed by atoms with Crippen molar-refractivity contribution in [1.82, 2.24) is 0 Å². The van der Waals surface area contributed by atoms with Gasteiger partial charge in [-0.1, -0.05) is 13.8 Å². The van der Waals surface area contributed by atoms with Gasteiger partial charge in [0.2, 0.25) is 0 Å². The molecule has 0 radical (unpaired) electrons. The van der Waals surface area contributed by atoms with Crippen LogP contribution in [-0.4, -0.2) is 18.9 Å². The molecule has 0 aromatic carbocycles. The topological polar surface area (TPSA) is 43.4 Å². The predicted octanol–water partition coefficient (Wildman–Crippen LogP) is 1.94. The van der Waals surface area contributed by atoms with Crippen molar-refractivity contribution in [1.29, 1.82) is 0 Å². The summed E-state index contributed by atoms with van der Waals surface area (Å²) in [6.45, 7) is 4.11. The Bertz CT molecular complexity index is 243. The maximum absolute atomic E-state index is 11.7. The molecule has 1 fully saturated rings. The monoisotopic (exact) mass is 198 g/mol. The third-order valence-electron chi connectivity index (χ3n) is 3.17. The van der Waals surface area contributed by atoms with Crippen molar-refractivity contribution in [2.45, 2.75) is 39.5 Å². The molecule has 0 aromatic rings. The SMILES string of the molecule is COC(=O)CC1C(=O)CCCC1(C)C.